The molecule has 0 aromatic rings. The van der Waals surface area contributed by atoms with Crippen molar-refractivity contribution in [2.45, 2.75) is 58.8 Å². The molecule has 0 bridgehead atoms. The lowest BCUT2D eigenvalue weighted by molar-refractivity contribution is -0.145. The summed E-state index contributed by atoms with van der Waals surface area (Å²) in [4.78, 5) is 11.5. The summed E-state index contributed by atoms with van der Waals surface area (Å²) < 4.78 is 43.1. The summed E-state index contributed by atoms with van der Waals surface area (Å²) in [7, 11) is 0. The largest absolute Gasteiger partial charge is 0.463 e. The Morgan fingerprint density at radius 3 is 1.15 bits per heavy atom. The fourth-order valence-electron chi connectivity index (χ4n) is 2.65. The summed E-state index contributed by atoms with van der Waals surface area (Å²) in [5.41, 5.74) is 0. The second kappa shape index (κ2) is 30.2. The zero-order valence-electron chi connectivity index (χ0n) is 21.7. The Kier molecular flexibility index (Phi) is 29.5. The molecule has 0 atom stereocenters. The molecule has 0 aromatic carbocycles. The van der Waals surface area contributed by atoms with Crippen molar-refractivity contribution in [3.8, 4) is 0 Å². The highest BCUT2D eigenvalue weighted by Crippen LogP contribution is 2.03. The van der Waals surface area contributed by atoms with E-state index in [-0.39, 0.29) is 5.97 Å². The van der Waals surface area contributed by atoms with Crippen LogP contribution in [0.4, 0.5) is 0 Å². The van der Waals surface area contributed by atoms with Crippen LogP contribution < -0.4 is 0 Å². The summed E-state index contributed by atoms with van der Waals surface area (Å²) in [6.07, 6.45) is 7.04. The van der Waals surface area contributed by atoms with E-state index in [1.54, 1.807) is 0 Å². The Morgan fingerprint density at radius 2 is 0.765 bits per heavy atom. The van der Waals surface area contributed by atoms with Gasteiger partial charge in [-0.2, -0.15) is 0 Å². The molecule has 204 valence electrons. The van der Waals surface area contributed by atoms with Crippen molar-refractivity contribution in [3.05, 3.63) is 0 Å². The van der Waals surface area contributed by atoms with Crippen LogP contribution in [0.3, 0.4) is 0 Å². The molecule has 0 spiro atoms. The van der Waals surface area contributed by atoms with Crippen LogP contribution in [0.2, 0.25) is 0 Å². The third-order valence-corrected chi connectivity index (χ3v) is 4.60. The normalized spacial score (nSPS) is 11.2. The number of hydrogen-bond acceptors (Lipinski definition) is 9. The molecule has 9 nitrogen and oxygen atoms in total. The summed E-state index contributed by atoms with van der Waals surface area (Å²) in [5, 5.41) is 0. The standard InChI is InChI=1S/C25H50O9/c1-3-5-7-8-9-25(26)34-24-23-33-22-21-32-20-19-31-18-17-30-16-15-29-14-13-28-12-11-27-10-6-4-2/h3-24H2,1-2H3. The number of unbranched alkanes of at least 4 members (excludes halogenated alkanes) is 4. The van der Waals surface area contributed by atoms with Gasteiger partial charge in [0, 0.05) is 13.0 Å². The topological polar surface area (TPSA) is 90.9 Å². The molecule has 0 N–H and O–H groups in total. The minimum Gasteiger partial charge on any atom is -0.463 e. The average molecular weight is 495 g/mol. The van der Waals surface area contributed by atoms with E-state index in [2.05, 4.69) is 13.8 Å². The molecule has 34 heavy (non-hydrogen) atoms. The molecular formula is C25H50O9. The van der Waals surface area contributed by atoms with Gasteiger partial charge in [0.1, 0.15) is 6.61 Å². The lowest BCUT2D eigenvalue weighted by Gasteiger charge is -2.08. The predicted octanol–water partition coefficient (Wildman–Crippen LogP) is 3.42. The third-order valence-electron chi connectivity index (χ3n) is 4.60. The molecule has 0 amide bonds. The first kappa shape index (κ1) is 33.2. The van der Waals surface area contributed by atoms with Gasteiger partial charge >= 0.3 is 5.97 Å². The molecule has 0 unspecified atom stereocenters. The van der Waals surface area contributed by atoms with Gasteiger partial charge in [0.2, 0.25) is 0 Å². The molecule has 0 aliphatic carbocycles. The monoisotopic (exact) mass is 494 g/mol. The molecular weight excluding hydrogens is 444 g/mol. The maximum absolute atomic E-state index is 11.5. The summed E-state index contributed by atoms with van der Waals surface area (Å²) in [6, 6.07) is 0. The van der Waals surface area contributed by atoms with Gasteiger partial charge < -0.3 is 37.9 Å². The molecule has 0 saturated heterocycles. The van der Waals surface area contributed by atoms with Crippen molar-refractivity contribution in [1.82, 2.24) is 0 Å². The van der Waals surface area contributed by atoms with Crippen LogP contribution in [0.25, 0.3) is 0 Å². The van der Waals surface area contributed by atoms with Crippen LogP contribution in [0.1, 0.15) is 58.8 Å². The van der Waals surface area contributed by atoms with E-state index in [1.807, 2.05) is 0 Å². The van der Waals surface area contributed by atoms with Crippen molar-refractivity contribution in [2.75, 3.05) is 99.1 Å². The second-order valence-electron chi connectivity index (χ2n) is 7.67. The van der Waals surface area contributed by atoms with E-state index in [0.29, 0.717) is 98.9 Å². The lowest BCUT2D eigenvalue weighted by Crippen LogP contribution is -2.15. The average Bonchev–Trinajstić information content (AvgIpc) is 2.84. The minimum atomic E-state index is -0.145. The molecule has 0 aromatic heterocycles. The molecule has 9 heteroatoms. The van der Waals surface area contributed by atoms with Crippen LogP contribution >= 0.6 is 0 Å². The Bertz CT molecular complexity index is 397. The van der Waals surface area contributed by atoms with E-state index >= 15 is 0 Å². The van der Waals surface area contributed by atoms with Gasteiger partial charge in [-0.05, 0) is 12.8 Å². The third kappa shape index (κ3) is 29.2. The Balaban J connectivity index is 3.07. The smallest absolute Gasteiger partial charge is 0.305 e. The maximum atomic E-state index is 11.5. The van der Waals surface area contributed by atoms with E-state index in [1.165, 1.54) is 0 Å². The summed E-state index contributed by atoms with van der Waals surface area (Å²) in [5.74, 6) is -0.145. The molecule has 0 aliphatic heterocycles. The van der Waals surface area contributed by atoms with Gasteiger partial charge in [0.25, 0.3) is 0 Å². The number of carbonyl (C=O) groups is 1. The van der Waals surface area contributed by atoms with Crippen molar-refractivity contribution in [2.24, 2.45) is 0 Å². The summed E-state index contributed by atoms with van der Waals surface area (Å²) >= 11 is 0. The first-order chi connectivity index (χ1) is 16.8. The second-order valence-corrected chi connectivity index (χ2v) is 7.67. The quantitative estimate of drug-likeness (QED) is 0.115. The van der Waals surface area contributed by atoms with E-state index in [4.69, 9.17) is 37.9 Å². The van der Waals surface area contributed by atoms with Gasteiger partial charge in [-0.15, -0.1) is 0 Å². The fraction of sp³-hybridized carbons (Fsp3) is 0.960. The number of carbonyl (C=O) groups excluding carboxylic acids is 1. The van der Waals surface area contributed by atoms with Gasteiger partial charge in [0.05, 0.1) is 85.9 Å². The molecule has 0 rings (SSSR count). The van der Waals surface area contributed by atoms with Crippen molar-refractivity contribution < 1.29 is 42.7 Å². The highest BCUT2D eigenvalue weighted by Gasteiger charge is 2.02. The van der Waals surface area contributed by atoms with Crippen molar-refractivity contribution >= 4 is 5.97 Å². The summed E-state index contributed by atoms with van der Waals surface area (Å²) in [6.45, 7) is 12.2. The zero-order valence-corrected chi connectivity index (χ0v) is 21.7. The maximum Gasteiger partial charge on any atom is 0.305 e. The van der Waals surface area contributed by atoms with Crippen molar-refractivity contribution in [1.29, 1.82) is 0 Å². The Hall–Kier alpha value is -0.810. The van der Waals surface area contributed by atoms with E-state index in [9.17, 15) is 4.79 Å². The molecule has 0 radical (unpaired) electrons. The van der Waals surface area contributed by atoms with Gasteiger partial charge in [-0.1, -0.05) is 39.5 Å². The molecule has 0 heterocycles. The van der Waals surface area contributed by atoms with Gasteiger partial charge in [-0.25, -0.2) is 0 Å². The molecule has 0 saturated carbocycles. The van der Waals surface area contributed by atoms with Crippen LogP contribution in [-0.4, -0.2) is 105 Å². The highest BCUT2D eigenvalue weighted by atomic mass is 16.6. The number of ether oxygens (including phenoxy) is 8. The Morgan fingerprint density at radius 1 is 0.412 bits per heavy atom. The Labute approximate surface area is 207 Å². The van der Waals surface area contributed by atoms with Gasteiger partial charge in [-0.3, -0.25) is 4.79 Å². The molecule has 0 aliphatic rings. The van der Waals surface area contributed by atoms with Gasteiger partial charge in [0.15, 0.2) is 0 Å². The van der Waals surface area contributed by atoms with Crippen LogP contribution in [-0.2, 0) is 42.7 Å². The first-order valence-corrected chi connectivity index (χ1v) is 13.0. The fourth-order valence-corrected chi connectivity index (χ4v) is 2.65. The lowest BCUT2D eigenvalue weighted by atomic mass is 10.2. The predicted molar refractivity (Wildman–Crippen MR) is 130 cm³/mol. The first-order valence-electron chi connectivity index (χ1n) is 13.0. The highest BCUT2D eigenvalue weighted by molar-refractivity contribution is 5.69. The number of hydrogen-bond donors (Lipinski definition) is 0. The SMILES string of the molecule is CCCCCCC(=O)OCCOCCOCCOCCOCCOCCOCCOCCCC. The molecule has 0 fully saturated rings. The van der Waals surface area contributed by atoms with Crippen LogP contribution in [0.5, 0.6) is 0 Å². The van der Waals surface area contributed by atoms with Crippen LogP contribution in [0.15, 0.2) is 0 Å². The van der Waals surface area contributed by atoms with Crippen LogP contribution in [0, 0.1) is 0 Å². The van der Waals surface area contributed by atoms with E-state index < -0.39 is 0 Å². The number of esters is 1. The van der Waals surface area contributed by atoms with Crippen molar-refractivity contribution in [3.63, 3.8) is 0 Å². The minimum absolute atomic E-state index is 0.145. The van der Waals surface area contributed by atoms with E-state index in [0.717, 1.165) is 45.1 Å². The zero-order chi connectivity index (χ0) is 24.8. The number of rotatable bonds is 29.